The van der Waals surface area contributed by atoms with Crippen molar-refractivity contribution in [1.29, 1.82) is 0 Å². The van der Waals surface area contributed by atoms with Gasteiger partial charge in [-0.05, 0) is 42.0 Å². The van der Waals surface area contributed by atoms with Crippen LogP contribution >= 0.6 is 11.3 Å². The van der Waals surface area contributed by atoms with Crippen molar-refractivity contribution in [3.63, 3.8) is 0 Å². The number of hydrogen-bond acceptors (Lipinski definition) is 4. The van der Waals surface area contributed by atoms with Gasteiger partial charge in [-0.15, -0.1) is 11.3 Å². The molecule has 0 saturated heterocycles. The van der Waals surface area contributed by atoms with E-state index in [1.807, 2.05) is 37.4 Å². The number of amides is 2. The fraction of sp³-hybridized carbons (Fsp3) is 0.333. The number of carbonyl (C=O) groups excluding carboxylic acids is 2. The summed E-state index contributed by atoms with van der Waals surface area (Å²) < 4.78 is 0. The lowest BCUT2D eigenvalue weighted by molar-refractivity contribution is 0.0914. The van der Waals surface area contributed by atoms with Gasteiger partial charge in [-0.3, -0.25) is 9.59 Å². The van der Waals surface area contributed by atoms with Gasteiger partial charge in [-0.25, -0.2) is 0 Å². The summed E-state index contributed by atoms with van der Waals surface area (Å²) in [4.78, 5) is 24.7. The topological polar surface area (TPSA) is 78.4 Å². The average molecular weight is 346 g/mol. The molecule has 0 spiro atoms. The van der Waals surface area contributed by atoms with Crippen LogP contribution in [0.1, 0.15) is 39.4 Å². The maximum Gasteiger partial charge on any atom is 0.261 e. The van der Waals surface area contributed by atoms with Gasteiger partial charge in [0.2, 0.25) is 0 Å². The lowest BCUT2D eigenvalue weighted by atomic mass is 10.0. The monoisotopic (exact) mass is 346 g/mol. The summed E-state index contributed by atoms with van der Waals surface area (Å²) in [5.74, 6) is -0.267. The van der Waals surface area contributed by atoms with Crippen molar-refractivity contribution in [2.75, 3.05) is 6.61 Å². The molecule has 2 atom stereocenters. The SMILES string of the molecule is CC(CO)C(C)NC(=O)c1ccc(CNC(=O)c2cccs2)cc1. The van der Waals surface area contributed by atoms with Crippen molar-refractivity contribution in [3.8, 4) is 0 Å². The van der Waals surface area contributed by atoms with Gasteiger partial charge in [-0.1, -0.05) is 25.1 Å². The molecule has 0 aliphatic carbocycles. The van der Waals surface area contributed by atoms with E-state index in [1.165, 1.54) is 11.3 Å². The van der Waals surface area contributed by atoms with E-state index < -0.39 is 0 Å². The lowest BCUT2D eigenvalue weighted by Gasteiger charge is -2.19. The molecule has 1 heterocycles. The molecule has 2 rings (SSSR count). The summed E-state index contributed by atoms with van der Waals surface area (Å²) in [5, 5.41) is 16.7. The maximum atomic E-state index is 12.1. The van der Waals surface area contributed by atoms with E-state index in [2.05, 4.69) is 10.6 Å². The van der Waals surface area contributed by atoms with Crippen LogP contribution in [0.25, 0.3) is 0 Å². The van der Waals surface area contributed by atoms with Crippen LogP contribution in [0.2, 0.25) is 0 Å². The summed E-state index contributed by atoms with van der Waals surface area (Å²) >= 11 is 1.40. The van der Waals surface area contributed by atoms with Crippen molar-refractivity contribution >= 4 is 23.2 Å². The predicted octanol–water partition coefficient (Wildman–Crippen LogP) is 2.42. The summed E-state index contributed by atoms with van der Waals surface area (Å²) in [6.45, 7) is 4.19. The maximum absolute atomic E-state index is 12.1. The number of thiophene rings is 1. The molecule has 0 saturated carbocycles. The van der Waals surface area contributed by atoms with Crippen LogP contribution < -0.4 is 10.6 Å². The molecule has 5 nitrogen and oxygen atoms in total. The third-order valence-electron chi connectivity index (χ3n) is 3.91. The van der Waals surface area contributed by atoms with Crippen molar-refractivity contribution in [1.82, 2.24) is 10.6 Å². The largest absolute Gasteiger partial charge is 0.396 e. The molecule has 0 bridgehead atoms. The molecule has 1 aromatic heterocycles. The molecule has 2 amide bonds. The van der Waals surface area contributed by atoms with Crippen LogP contribution in [0.15, 0.2) is 41.8 Å². The van der Waals surface area contributed by atoms with E-state index in [9.17, 15) is 9.59 Å². The molecule has 0 aliphatic rings. The molecule has 3 N–H and O–H groups in total. The lowest BCUT2D eigenvalue weighted by Crippen LogP contribution is -2.38. The Morgan fingerprint density at radius 3 is 2.42 bits per heavy atom. The Balaban J connectivity index is 1.88. The van der Waals surface area contributed by atoms with Gasteiger partial charge in [0, 0.05) is 24.8 Å². The zero-order valence-corrected chi connectivity index (χ0v) is 14.6. The minimum Gasteiger partial charge on any atom is -0.396 e. The quantitative estimate of drug-likeness (QED) is 0.720. The average Bonchev–Trinajstić information content (AvgIpc) is 3.14. The van der Waals surface area contributed by atoms with Crippen molar-refractivity contribution in [2.24, 2.45) is 5.92 Å². The van der Waals surface area contributed by atoms with E-state index in [-0.39, 0.29) is 30.4 Å². The molecule has 0 radical (unpaired) electrons. The van der Waals surface area contributed by atoms with Gasteiger partial charge >= 0.3 is 0 Å². The number of nitrogens with one attached hydrogen (secondary N) is 2. The number of carbonyl (C=O) groups is 2. The fourth-order valence-electron chi connectivity index (χ4n) is 2.04. The van der Waals surface area contributed by atoms with E-state index in [0.29, 0.717) is 17.0 Å². The number of hydrogen-bond donors (Lipinski definition) is 3. The standard InChI is InChI=1S/C18H22N2O3S/c1-12(11-21)13(2)20-17(22)15-7-5-14(6-8-15)10-19-18(23)16-4-3-9-24-16/h3-9,12-13,21H,10-11H2,1-2H3,(H,19,23)(H,20,22). The Hall–Kier alpha value is -2.18. The van der Waals surface area contributed by atoms with E-state index in [4.69, 9.17) is 5.11 Å². The van der Waals surface area contributed by atoms with E-state index in [0.717, 1.165) is 5.56 Å². The Morgan fingerprint density at radius 1 is 1.12 bits per heavy atom. The Bertz CT molecular complexity index is 668. The van der Waals surface area contributed by atoms with Crippen LogP contribution in [0.3, 0.4) is 0 Å². The highest BCUT2D eigenvalue weighted by Crippen LogP contribution is 2.10. The summed E-state index contributed by atoms with van der Waals surface area (Å²) in [5.41, 5.74) is 1.48. The minimum absolute atomic E-state index is 0.000636. The normalized spacial score (nSPS) is 13.1. The fourth-order valence-corrected chi connectivity index (χ4v) is 2.68. The van der Waals surface area contributed by atoms with Crippen LogP contribution in [0.4, 0.5) is 0 Å². The Morgan fingerprint density at radius 2 is 1.83 bits per heavy atom. The second-order valence-electron chi connectivity index (χ2n) is 5.78. The van der Waals surface area contributed by atoms with Gasteiger partial charge < -0.3 is 15.7 Å². The first-order valence-electron chi connectivity index (χ1n) is 7.83. The molecular formula is C18H22N2O3S. The number of rotatable bonds is 7. The highest BCUT2D eigenvalue weighted by atomic mass is 32.1. The van der Waals surface area contributed by atoms with E-state index >= 15 is 0 Å². The summed E-state index contributed by atoms with van der Waals surface area (Å²) in [7, 11) is 0. The molecule has 24 heavy (non-hydrogen) atoms. The molecular weight excluding hydrogens is 324 g/mol. The molecule has 128 valence electrons. The van der Waals surface area contributed by atoms with Gasteiger partial charge in [0.1, 0.15) is 0 Å². The second-order valence-corrected chi connectivity index (χ2v) is 6.73. The van der Waals surface area contributed by atoms with E-state index in [1.54, 1.807) is 18.2 Å². The first-order chi connectivity index (χ1) is 11.5. The summed E-state index contributed by atoms with van der Waals surface area (Å²) in [6.07, 6.45) is 0. The third kappa shape index (κ3) is 4.91. The summed E-state index contributed by atoms with van der Waals surface area (Å²) in [6, 6.07) is 10.6. The van der Waals surface area contributed by atoms with Crippen LogP contribution in [-0.2, 0) is 6.54 Å². The third-order valence-corrected chi connectivity index (χ3v) is 4.78. The first kappa shape index (κ1) is 18.2. The Labute approximate surface area is 145 Å². The zero-order chi connectivity index (χ0) is 17.5. The highest BCUT2D eigenvalue weighted by Gasteiger charge is 2.15. The van der Waals surface area contributed by atoms with Gasteiger partial charge in [0.25, 0.3) is 11.8 Å². The van der Waals surface area contributed by atoms with Crippen molar-refractivity contribution in [3.05, 3.63) is 57.8 Å². The van der Waals surface area contributed by atoms with Crippen LogP contribution in [-0.4, -0.2) is 29.6 Å². The molecule has 1 aromatic carbocycles. The molecule has 0 aliphatic heterocycles. The minimum atomic E-state index is -0.169. The van der Waals surface area contributed by atoms with Crippen molar-refractivity contribution < 1.29 is 14.7 Å². The Kier molecular flexibility index (Phi) is 6.52. The van der Waals surface area contributed by atoms with Gasteiger partial charge in [0.05, 0.1) is 4.88 Å². The number of aliphatic hydroxyl groups is 1. The predicted molar refractivity (Wildman–Crippen MR) is 95.1 cm³/mol. The highest BCUT2D eigenvalue weighted by molar-refractivity contribution is 7.12. The molecule has 2 unspecified atom stereocenters. The number of aliphatic hydroxyl groups excluding tert-OH is 1. The van der Waals surface area contributed by atoms with Crippen LogP contribution in [0.5, 0.6) is 0 Å². The molecule has 0 fully saturated rings. The van der Waals surface area contributed by atoms with Gasteiger partial charge in [0.15, 0.2) is 0 Å². The van der Waals surface area contributed by atoms with Crippen LogP contribution in [0, 0.1) is 5.92 Å². The molecule has 6 heteroatoms. The second kappa shape index (κ2) is 8.61. The molecule has 2 aromatic rings. The number of benzene rings is 1. The smallest absolute Gasteiger partial charge is 0.261 e. The van der Waals surface area contributed by atoms with Gasteiger partial charge in [-0.2, -0.15) is 0 Å². The van der Waals surface area contributed by atoms with Crippen molar-refractivity contribution in [2.45, 2.75) is 26.4 Å². The first-order valence-corrected chi connectivity index (χ1v) is 8.71. The zero-order valence-electron chi connectivity index (χ0n) is 13.8.